The van der Waals surface area contributed by atoms with Gasteiger partial charge in [-0.2, -0.15) is 0 Å². The zero-order chi connectivity index (χ0) is 5.40. The van der Waals surface area contributed by atoms with Gasteiger partial charge in [-0.1, -0.05) is 16.4 Å². The summed E-state index contributed by atoms with van der Waals surface area (Å²) in [5, 5.41) is 0. The molecule has 0 N–H and O–H groups in total. The third-order valence-corrected chi connectivity index (χ3v) is 1.96. The number of rotatable bonds is 0. The first-order valence-electron chi connectivity index (χ1n) is 2.48. The Balaban J connectivity index is 2.54. The maximum absolute atomic E-state index is 2.14. The zero-order valence-corrected chi connectivity index (χ0v) is 5.14. The molecule has 1 aromatic heterocycles. The third kappa shape index (κ3) is 0.478. The first kappa shape index (κ1) is 4.44. The lowest BCUT2D eigenvalue weighted by atomic mass is 10.7. The lowest BCUT2D eigenvalue weighted by Gasteiger charge is -1.79. The van der Waals surface area contributed by atoms with E-state index in [0.717, 1.165) is 5.88 Å². The zero-order valence-electron chi connectivity index (χ0n) is 4.32. The number of nitrogens with zero attached hydrogens (tertiary/aromatic N) is 2. The Kier molecular flexibility index (Phi) is 0.842. The van der Waals surface area contributed by atoms with Crippen LogP contribution in [0, 0.1) is 5.88 Å². The van der Waals surface area contributed by atoms with Crippen molar-refractivity contribution in [2.45, 2.75) is 5.88 Å². The van der Waals surface area contributed by atoms with Gasteiger partial charge in [-0.05, 0) is 0 Å². The number of aromatic nitrogens is 2. The topological polar surface area (TPSA) is 8.81 Å². The van der Waals surface area contributed by atoms with E-state index in [9.17, 15) is 0 Å². The van der Waals surface area contributed by atoms with E-state index in [1.54, 1.807) is 0 Å². The smallest absolute Gasteiger partial charge is 0.149 e. The summed E-state index contributed by atoms with van der Waals surface area (Å²) in [6.45, 7) is 0. The molecular formula is C5H6N2S+. The average Bonchev–Trinajstić information content (AvgIpc) is 2.15. The molecule has 0 aliphatic carbocycles. The van der Waals surface area contributed by atoms with E-state index in [-0.39, 0.29) is 0 Å². The first-order chi connectivity index (χ1) is 3.97. The summed E-state index contributed by atoms with van der Waals surface area (Å²) < 4.78 is 4.22. The molecule has 41 valence electrons. The highest BCUT2D eigenvalue weighted by Crippen LogP contribution is 2.10. The summed E-state index contributed by atoms with van der Waals surface area (Å²) in [6, 6.07) is 2.04. The Morgan fingerprint density at radius 1 is 1.62 bits per heavy atom. The number of thioether (sulfide) groups is 1. The van der Waals surface area contributed by atoms with Crippen LogP contribution in [-0.2, 0) is 5.88 Å². The van der Waals surface area contributed by atoms with E-state index >= 15 is 0 Å². The molecule has 0 saturated heterocycles. The predicted molar refractivity (Wildman–Crippen MR) is 31.9 cm³/mol. The Morgan fingerprint density at radius 2 is 2.62 bits per heavy atom. The molecule has 1 aliphatic heterocycles. The summed E-state index contributed by atoms with van der Waals surface area (Å²) in [7, 11) is 0. The maximum atomic E-state index is 2.14. The molecule has 1 radical (unpaired) electrons. The molecule has 2 nitrogen and oxygen atoms in total. The molecule has 0 unspecified atom stereocenters. The summed E-state index contributed by atoms with van der Waals surface area (Å²) in [5.74, 6) is 3.16. The van der Waals surface area contributed by atoms with Crippen LogP contribution in [0.4, 0.5) is 0 Å². The second-order valence-corrected chi connectivity index (χ2v) is 2.51. The van der Waals surface area contributed by atoms with Crippen molar-refractivity contribution in [2.24, 2.45) is 0 Å². The fourth-order valence-electron chi connectivity index (χ4n) is 0.780. The third-order valence-electron chi connectivity index (χ3n) is 1.18. The van der Waals surface area contributed by atoms with Crippen LogP contribution in [0.1, 0.15) is 0 Å². The van der Waals surface area contributed by atoms with Crippen LogP contribution < -0.4 is 4.68 Å². The second kappa shape index (κ2) is 1.52. The number of fused-ring (bicyclic) bond motifs is 1. The lowest BCUT2D eigenvalue weighted by molar-refractivity contribution is -0.699. The summed E-state index contributed by atoms with van der Waals surface area (Å²) in [5.41, 5.74) is 0. The molecule has 8 heavy (non-hydrogen) atoms. The molecule has 3 heteroatoms. The maximum Gasteiger partial charge on any atom is 0.302 e. The van der Waals surface area contributed by atoms with E-state index < -0.39 is 0 Å². The molecule has 2 heterocycles. The Labute approximate surface area is 52.1 Å². The lowest BCUT2D eigenvalue weighted by Crippen LogP contribution is -2.33. The van der Waals surface area contributed by atoms with Gasteiger partial charge in [0, 0.05) is 6.07 Å². The van der Waals surface area contributed by atoms with Crippen LogP contribution in [0.15, 0.2) is 18.5 Å². The normalized spacial score (nSPS) is 16.5. The average molecular weight is 126 g/mol. The first-order valence-corrected chi connectivity index (χ1v) is 3.53. The molecule has 0 spiro atoms. The Bertz CT molecular complexity index is 176. The summed E-state index contributed by atoms with van der Waals surface area (Å²) in [6.07, 6.45) is 4.11. The Morgan fingerprint density at radius 3 is 3.50 bits per heavy atom. The monoisotopic (exact) mass is 126 g/mol. The van der Waals surface area contributed by atoms with Crippen molar-refractivity contribution in [1.29, 1.82) is 0 Å². The van der Waals surface area contributed by atoms with Gasteiger partial charge in [0.15, 0.2) is 6.20 Å². The van der Waals surface area contributed by atoms with Gasteiger partial charge >= 0.3 is 5.88 Å². The van der Waals surface area contributed by atoms with Gasteiger partial charge in [0.1, 0.15) is 5.88 Å². The molecule has 1 aromatic rings. The van der Waals surface area contributed by atoms with Gasteiger partial charge in [0.05, 0.1) is 6.20 Å². The van der Waals surface area contributed by atoms with Gasteiger partial charge in [-0.3, -0.25) is 0 Å². The van der Waals surface area contributed by atoms with Crippen LogP contribution in [-0.4, -0.2) is 4.68 Å². The molecule has 0 amide bonds. The van der Waals surface area contributed by atoms with Gasteiger partial charge < -0.3 is 0 Å². The van der Waals surface area contributed by atoms with Crippen LogP contribution >= 0.6 is 11.8 Å². The molecule has 2 rings (SSSR count). The van der Waals surface area contributed by atoms with Crippen LogP contribution in [0.2, 0.25) is 0 Å². The fraction of sp³-hybridized carbons (Fsp3) is 0.200. The fourth-order valence-corrected chi connectivity index (χ4v) is 1.56. The van der Waals surface area contributed by atoms with E-state index in [2.05, 4.69) is 21.4 Å². The molecule has 0 aromatic carbocycles. The van der Waals surface area contributed by atoms with E-state index in [4.69, 9.17) is 0 Å². The van der Waals surface area contributed by atoms with Gasteiger partial charge in [-0.25, -0.2) is 0 Å². The minimum absolute atomic E-state index is 1.06. The molecule has 1 aliphatic rings. The minimum atomic E-state index is 1.06. The van der Waals surface area contributed by atoms with E-state index in [1.165, 1.54) is 0 Å². The van der Waals surface area contributed by atoms with Crippen molar-refractivity contribution >= 4 is 11.8 Å². The Hall–Kier alpha value is -0.440. The molecule has 0 saturated carbocycles. The van der Waals surface area contributed by atoms with E-state index in [0.29, 0.717) is 0 Å². The quantitative estimate of drug-likeness (QED) is 0.458. The summed E-state index contributed by atoms with van der Waals surface area (Å²) in [4.78, 5) is 0. The van der Waals surface area contributed by atoms with Gasteiger partial charge in [0.25, 0.3) is 0 Å². The highest BCUT2D eigenvalue weighted by Gasteiger charge is 2.16. The standard InChI is InChI=1S/C5H6N2S/c1-2-6-4-8-5-7(6)3-1/h1-4H,5H2/q+1. The van der Waals surface area contributed by atoms with Crippen molar-refractivity contribution in [3.05, 3.63) is 24.3 Å². The highest BCUT2D eigenvalue weighted by molar-refractivity contribution is 8.00. The largest absolute Gasteiger partial charge is 0.302 e. The number of hydrogen-bond acceptors (Lipinski definition) is 1. The van der Waals surface area contributed by atoms with Crippen molar-refractivity contribution in [3.8, 4) is 0 Å². The second-order valence-electron chi connectivity index (χ2n) is 1.71. The van der Waals surface area contributed by atoms with Crippen molar-refractivity contribution in [2.75, 3.05) is 0 Å². The molecule has 0 fully saturated rings. The van der Waals surface area contributed by atoms with Crippen LogP contribution in [0.25, 0.3) is 0 Å². The minimum Gasteiger partial charge on any atom is -0.149 e. The predicted octanol–water partition coefficient (Wildman–Crippen LogP) is 0.447. The summed E-state index contributed by atoms with van der Waals surface area (Å²) >= 11 is 1.81. The SMILES string of the molecule is [CH]1SCn2ccc[n+]21. The molecule has 0 bridgehead atoms. The van der Waals surface area contributed by atoms with Gasteiger partial charge in [-0.15, -0.1) is 4.68 Å². The van der Waals surface area contributed by atoms with Crippen molar-refractivity contribution in [3.63, 3.8) is 0 Å². The number of hydrogen-bond donors (Lipinski definition) is 0. The van der Waals surface area contributed by atoms with E-state index in [1.807, 2.05) is 24.0 Å². The molecular weight excluding hydrogens is 120 g/mol. The molecule has 0 atom stereocenters. The van der Waals surface area contributed by atoms with Crippen LogP contribution in [0.5, 0.6) is 0 Å². The highest BCUT2D eigenvalue weighted by atomic mass is 32.2. The van der Waals surface area contributed by atoms with Crippen molar-refractivity contribution < 1.29 is 4.68 Å². The van der Waals surface area contributed by atoms with Gasteiger partial charge in [0.2, 0.25) is 0 Å². The van der Waals surface area contributed by atoms with Crippen molar-refractivity contribution in [1.82, 2.24) is 4.68 Å². The van der Waals surface area contributed by atoms with Crippen LogP contribution in [0.3, 0.4) is 0 Å².